The highest BCUT2D eigenvalue weighted by Gasteiger charge is 2.25. The Balaban J connectivity index is 2.41. The van der Waals surface area contributed by atoms with Gasteiger partial charge in [0.1, 0.15) is 6.54 Å². The summed E-state index contributed by atoms with van der Waals surface area (Å²) < 4.78 is 34.7. The van der Waals surface area contributed by atoms with Crippen LogP contribution in [0, 0.1) is 0 Å². The van der Waals surface area contributed by atoms with E-state index >= 15 is 0 Å². The van der Waals surface area contributed by atoms with Crippen molar-refractivity contribution in [3.63, 3.8) is 0 Å². The third kappa shape index (κ3) is 6.09. The van der Waals surface area contributed by atoms with Gasteiger partial charge >= 0.3 is 11.9 Å². The van der Waals surface area contributed by atoms with E-state index in [0.29, 0.717) is 0 Å². The van der Waals surface area contributed by atoms with Crippen molar-refractivity contribution in [1.82, 2.24) is 0 Å². The number of amides is 1. The number of rotatable bonds is 7. The molecule has 0 atom stereocenters. The van der Waals surface area contributed by atoms with Crippen LogP contribution in [0.2, 0.25) is 10.0 Å². The van der Waals surface area contributed by atoms with E-state index in [2.05, 4.69) is 14.8 Å². The first kappa shape index (κ1) is 24.4. The van der Waals surface area contributed by atoms with Gasteiger partial charge in [0.05, 0.1) is 48.0 Å². The predicted octanol–water partition coefficient (Wildman–Crippen LogP) is 2.97. The monoisotopic (exact) mass is 488 g/mol. The number of nitrogens with zero attached hydrogens (tertiary/aromatic N) is 1. The molecule has 2 rings (SSSR count). The summed E-state index contributed by atoms with van der Waals surface area (Å²) in [4.78, 5) is 36.5. The van der Waals surface area contributed by atoms with Gasteiger partial charge in [-0.1, -0.05) is 23.2 Å². The minimum Gasteiger partial charge on any atom is -0.465 e. The summed E-state index contributed by atoms with van der Waals surface area (Å²) in [5.74, 6) is -2.28. The molecule has 0 unspecified atom stereocenters. The van der Waals surface area contributed by atoms with Gasteiger partial charge in [0.25, 0.3) is 0 Å². The lowest BCUT2D eigenvalue weighted by atomic mass is 10.1. The Labute approximate surface area is 188 Å². The third-order valence-electron chi connectivity index (χ3n) is 3.98. The van der Waals surface area contributed by atoms with E-state index in [1.165, 1.54) is 43.5 Å². The Hall–Kier alpha value is -2.82. The van der Waals surface area contributed by atoms with Crippen molar-refractivity contribution >= 4 is 62.4 Å². The van der Waals surface area contributed by atoms with E-state index in [1.807, 2.05) is 0 Å². The van der Waals surface area contributed by atoms with Crippen LogP contribution in [0.4, 0.5) is 11.4 Å². The Morgan fingerprint density at radius 3 is 2.23 bits per heavy atom. The molecule has 31 heavy (non-hydrogen) atoms. The number of methoxy groups -OCH3 is 2. The molecule has 0 heterocycles. The van der Waals surface area contributed by atoms with Crippen molar-refractivity contribution in [3.8, 4) is 0 Å². The maximum Gasteiger partial charge on any atom is 0.339 e. The molecule has 1 N–H and O–H groups in total. The first-order valence-electron chi connectivity index (χ1n) is 8.51. The number of hydrogen-bond donors (Lipinski definition) is 1. The largest absolute Gasteiger partial charge is 0.465 e. The molecule has 0 spiro atoms. The number of nitrogens with one attached hydrogen (secondary N) is 1. The van der Waals surface area contributed by atoms with Crippen molar-refractivity contribution < 1.29 is 32.3 Å². The molecule has 166 valence electrons. The number of ether oxygens (including phenoxy) is 2. The zero-order valence-electron chi connectivity index (χ0n) is 16.6. The molecule has 2 aromatic rings. The Morgan fingerprint density at radius 1 is 1.00 bits per heavy atom. The fraction of sp³-hybridized carbons (Fsp3) is 0.211. The Morgan fingerprint density at radius 2 is 1.65 bits per heavy atom. The van der Waals surface area contributed by atoms with Crippen LogP contribution in [0.3, 0.4) is 0 Å². The van der Waals surface area contributed by atoms with Gasteiger partial charge in [0, 0.05) is 5.02 Å². The molecule has 1 amide bonds. The molecule has 0 radical (unpaired) electrons. The highest BCUT2D eigenvalue weighted by Crippen LogP contribution is 2.30. The zero-order chi connectivity index (χ0) is 23.3. The van der Waals surface area contributed by atoms with Crippen LogP contribution in [0.15, 0.2) is 36.4 Å². The maximum absolute atomic E-state index is 12.7. The molecule has 0 aliphatic carbocycles. The summed E-state index contributed by atoms with van der Waals surface area (Å²) in [6, 6.07) is 7.97. The summed E-state index contributed by atoms with van der Waals surface area (Å²) in [6.45, 7) is -0.679. The van der Waals surface area contributed by atoms with Crippen LogP contribution < -0.4 is 9.62 Å². The number of carbonyl (C=O) groups excluding carboxylic acids is 3. The minimum absolute atomic E-state index is 0.00307. The minimum atomic E-state index is -3.94. The van der Waals surface area contributed by atoms with Crippen LogP contribution in [0.5, 0.6) is 0 Å². The smallest absolute Gasteiger partial charge is 0.339 e. The van der Waals surface area contributed by atoms with E-state index in [1.54, 1.807) is 0 Å². The van der Waals surface area contributed by atoms with E-state index in [-0.39, 0.29) is 32.5 Å². The number of anilines is 2. The molecule has 0 bridgehead atoms. The van der Waals surface area contributed by atoms with Gasteiger partial charge in [-0.25, -0.2) is 18.0 Å². The number of esters is 2. The second-order valence-corrected chi connectivity index (χ2v) is 8.91. The number of sulfonamides is 1. The summed E-state index contributed by atoms with van der Waals surface area (Å²) in [5, 5.41) is 2.70. The van der Waals surface area contributed by atoms with Crippen molar-refractivity contribution in [1.29, 1.82) is 0 Å². The van der Waals surface area contributed by atoms with Crippen LogP contribution in [-0.4, -0.2) is 53.3 Å². The number of halogens is 2. The second kappa shape index (κ2) is 9.99. The van der Waals surface area contributed by atoms with Gasteiger partial charge in [-0.2, -0.15) is 0 Å². The molecule has 9 nitrogen and oxygen atoms in total. The average molecular weight is 489 g/mol. The van der Waals surface area contributed by atoms with E-state index in [4.69, 9.17) is 23.2 Å². The molecule has 2 aromatic carbocycles. The normalized spacial score (nSPS) is 10.9. The molecular formula is C19H18Cl2N2O7S. The summed E-state index contributed by atoms with van der Waals surface area (Å²) in [6.07, 6.45) is 0.898. The fourth-order valence-corrected chi connectivity index (χ4v) is 3.85. The Kier molecular flexibility index (Phi) is 7.88. The van der Waals surface area contributed by atoms with Crippen LogP contribution >= 0.6 is 23.2 Å². The van der Waals surface area contributed by atoms with Crippen molar-refractivity contribution in [3.05, 3.63) is 57.6 Å². The van der Waals surface area contributed by atoms with Crippen molar-refractivity contribution in [2.75, 3.05) is 36.6 Å². The lowest BCUT2D eigenvalue weighted by Gasteiger charge is -2.23. The molecule has 0 saturated heterocycles. The maximum atomic E-state index is 12.7. The third-order valence-corrected chi connectivity index (χ3v) is 5.67. The van der Waals surface area contributed by atoms with Crippen LogP contribution in [0.1, 0.15) is 20.7 Å². The topological polar surface area (TPSA) is 119 Å². The fourth-order valence-electron chi connectivity index (χ4n) is 2.56. The summed E-state index contributed by atoms with van der Waals surface area (Å²) in [7, 11) is -1.62. The predicted molar refractivity (Wildman–Crippen MR) is 116 cm³/mol. The van der Waals surface area contributed by atoms with E-state index in [0.717, 1.165) is 17.7 Å². The van der Waals surface area contributed by atoms with Gasteiger partial charge in [0.15, 0.2) is 0 Å². The van der Waals surface area contributed by atoms with E-state index < -0.39 is 34.4 Å². The van der Waals surface area contributed by atoms with Crippen molar-refractivity contribution in [2.24, 2.45) is 0 Å². The first-order valence-corrected chi connectivity index (χ1v) is 11.1. The molecule has 0 aliphatic rings. The van der Waals surface area contributed by atoms with Gasteiger partial charge < -0.3 is 14.8 Å². The van der Waals surface area contributed by atoms with Gasteiger partial charge in [0.2, 0.25) is 15.9 Å². The molecule has 0 aliphatic heterocycles. The lowest BCUT2D eigenvalue weighted by Crippen LogP contribution is -2.37. The van der Waals surface area contributed by atoms with Gasteiger partial charge in [-0.3, -0.25) is 9.10 Å². The van der Waals surface area contributed by atoms with Crippen LogP contribution in [-0.2, 0) is 24.3 Å². The average Bonchev–Trinajstić information content (AvgIpc) is 2.71. The molecular weight excluding hydrogens is 471 g/mol. The molecule has 0 aromatic heterocycles. The summed E-state index contributed by atoms with van der Waals surface area (Å²) in [5.41, 5.74) is -0.0489. The molecule has 12 heteroatoms. The van der Waals surface area contributed by atoms with Gasteiger partial charge in [-0.05, 0) is 36.4 Å². The lowest BCUT2D eigenvalue weighted by molar-refractivity contribution is -0.114. The molecule has 0 saturated carbocycles. The van der Waals surface area contributed by atoms with Gasteiger partial charge in [-0.15, -0.1) is 0 Å². The highest BCUT2D eigenvalue weighted by atomic mass is 35.5. The van der Waals surface area contributed by atoms with Crippen molar-refractivity contribution in [2.45, 2.75) is 0 Å². The quantitative estimate of drug-likeness (QED) is 0.594. The summed E-state index contributed by atoms with van der Waals surface area (Å²) >= 11 is 12.0. The second-order valence-electron chi connectivity index (χ2n) is 6.16. The Bertz CT molecular complexity index is 1140. The standard InChI is InChI=1S/C19H18Cl2N2O7S/c1-29-18(25)11-4-6-13(19(26)30-2)15(8-11)22-17(24)10-23(31(3,27)28)16-9-12(20)5-7-14(16)21/h4-9H,10H2,1-3H3,(H,22,24). The molecule has 0 fully saturated rings. The number of benzene rings is 2. The highest BCUT2D eigenvalue weighted by molar-refractivity contribution is 7.92. The van der Waals surface area contributed by atoms with Crippen LogP contribution in [0.25, 0.3) is 0 Å². The zero-order valence-corrected chi connectivity index (χ0v) is 19.0. The van der Waals surface area contributed by atoms with E-state index in [9.17, 15) is 22.8 Å². The number of hydrogen-bond acceptors (Lipinski definition) is 7. The number of carbonyl (C=O) groups is 3. The first-order chi connectivity index (χ1) is 14.5. The SMILES string of the molecule is COC(=O)c1ccc(C(=O)OC)c(NC(=O)CN(c2cc(Cl)ccc2Cl)S(C)(=O)=O)c1.